The highest BCUT2D eigenvalue weighted by Crippen LogP contribution is 2.27. The number of pyridine rings is 1. The van der Waals surface area contributed by atoms with Gasteiger partial charge in [0.2, 0.25) is 0 Å². The van der Waals surface area contributed by atoms with E-state index in [2.05, 4.69) is 10.3 Å². The average Bonchev–Trinajstić information content (AvgIpc) is 3.01. The number of nitrogens with one attached hydrogen (secondary N) is 1. The van der Waals surface area contributed by atoms with Crippen LogP contribution in [0.1, 0.15) is 16.9 Å². The monoisotopic (exact) mass is 375 g/mol. The topological polar surface area (TPSA) is 88.6 Å². The number of para-hydroxylation sites is 2. The molecular weight excluding hydrogens is 354 g/mol. The van der Waals surface area contributed by atoms with E-state index in [1.165, 1.54) is 4.90 Å². The molecule has 1 aliphatic heterocycles. The number of sulfone groups is 1. The molecule has 1 unspecified atom stereocenters. The van der Waals surface area contributed by atoms with Gasteiger partial charge in [-0.1, -0.05) is 12.1 Å². The maximum atomic E-state index is 12.7. The van der Waals surface area contributed by atoms with Crippen LogP contribution in [0.15, 0.2) is 42.6 Å². The van der Waals surface area contributed by atoms with Crippen LogP contribution in [0.2, 0.25) is 0 Å². The maximum Gasteiger partial charge on any atom is 0.272 e. The SMILES string of the molecule is COc1ccccc1Nc1ccnc(C(=O)N(C)C2CCS(=O)(=O)C2)c1. The van der Waals surface area contributed by atoms with Crippen LogP contribution in [0.3, 0.4) is 0 Å². The molecule has 1 aromatic carbocycles. The van der Waals surface area contributed by atoms with Crippen molar-refractivity contribution in [2.24, 2.45) is 0 Å². The normalized spacial score (nSPS) is 18.3. The van der Waals surface area contributed by atoms with Crippen molar-refractivity contribution in [1.29, 1.82) is 0 Å². The number of benzene rings is 1. The van der Waals surface area contributed by atoms with Crippen molar-refractivity contribution in [3.63, 3.8) is 0 Å². The number of methoxy groups -OCH3 is 1. The molecule has 138 valence electrons. The second-order valence-corrected chi connectivity index (χ2v) is 8.46. The zero-order chi connectivity index (χ0) is 18.7. The Bertz CT molecular complexity index is 914. The van der Waals surface area contributed by atoms with Gasteiger partial charge in [-0.05, 0) is 30.7 Å². The predicted molar refractivity (Wildman–Crippen MR) is 99.7 cm³/mol. The predicted octanol–water partition coefficient (Wildman–Crippen LogP) is 2.09. The van der Waals surface area contributed by atoms with Crippen molar-refractivity contribution < 1.29 is 17.9 Å². The number of carbonyl (C=O) groups excluding carboxylic acids is 1. The summed E-state index contributed by atoms with van der Waals surface area (Å²) < 4.78 is 28.6. The van der Waals surface area contributed by atoms with Gasteiger partial charge in [0.1, 0.15) is 11.4 Å². The first-order valence-electron chi connectivity index (χ1n) is 8.23. The first kappa shape index (κ1) is 18.2. The summed E-state index contributed by atoms with van der Waals surface area (Å²) in [6.45, 7) is 0. The molecule has 1 aromatic heterocycles. The smallest absolute Gasteiger partial charge is 0.272 e. The molecule has 1 saturated heterocycles. The molecule has 2 aromatic rings. The van der Waals surface area contributed by atoms with E-state index < -0.39 is 9.84 Å². The molecule has 0 spiro atoms. The molecule has 8 heteroatoms. The van der Waals surface area contributed by atoms with Crippen LogP contribution in [0, 0.1) is 0 Å². The Morgan fingerprint density at radius 1 is 1.31 bits per heavy atom. The minimum Gasteiger partial charge on any atom is -0.495 e. The fourth-order valence-electron chi connectivity index (χ4n) is 2.96. The highest BCUT2D eigenvalue weighted by molar-refractivity contribution is 7.91. The number of anilines is 2. The Hall–Kier alpha value is -2.61. The Morgan fingerprint density at radius 3 is 2.77 bits per heavy atom. The standard InChI is InChI=1S/C18H21N3O4S/c1-21(14-8-10-26(23,24)12-14)18(22)16-11-13(7-9-19-16)20-15-5-3-4-6-17(15)25-2/h3-7,9,11,14H,8,10,12H2,1-2H3,(H,19,20). The quantitative estimate of drug-likeness (QED) is 0.861. The minimum atomic E-state index is -3.05. The summed E-state index contributed by atoms with van der Waals surface area (Å²) in [6, 6.07) is 10.6. The highest BCUT2D eigenvalue weighted by Gasteiger charge is 2.33. The number of rotatable bonds is 5. The van der Waals surface area contributed by atoms with Gasteiger partial charge in [-0.15, -0.1) is 0 Å². The van der Waals surface area contributed by atoms with Gasteiger partial charge in [0.25, 0.3) is 5.91 Å². The first-order chi connectivity index (χ1) is 12.4. The largest absolute Gasteiger partial charge is 0.495 e. The Labute approximate surface area is 152 Å². The maximum absolute atomic E-state index is 12.7. The molecule has 26 heavy (non-hydrogen) atoms. The zero-order valence-electron chi connectivity index (χ0n) is 14.7. The molecular formula is C18H21N3O4S. The first-order valence-corrected chi connectivity index (χ1v) is 10.1. The third-order valence-electron chi connectivity index (χ3n) is 4.44. The van der Waals surface area contributed by atoms with Crippen LogP contribution < -0.4 is 10.1 Å². The summed E-state index contributed by atoms with van der Waals surface area (Å²) >= 11 is 0. The summed E-state index contributed by atoms with van der Waals surface area (Å²) in [7, 11) is 0.158. The number of amides is 1. The van der Waals surface area contributed by atoms with E-state index in [1.54, 1.807) is 32.5 Å². The van der Waals surface area contributed by atoms with Crippen molar-refractivity contribution in [3.8, 4) is 5.75 Å². The second-order valence-electron chi connectivity index (χ2n) is 6.23. The van der Waals surface area contributed by atoms with Gasteiger partial charge in [0, 0.05) is 25.0 Å². The van der Waals surface area contributed by atoms with Crippen LogP contribution >= 0.6 is 0 Å². The van der Waals surface area contributed by atoms with Crippen LogP contribution in [-0.4, -0.2) is 55.9 Å². The van der Waals surface area contributed by atoms with E-state index in [0.717, 1.165) is 5.69 Å². The third kappa shape index (κ3) is 3.96. The molecule has 1 aliphatic rings. The van der Waals surface area contributed by atoms with E-state index in [0.29, 0.717) is 17.9 Å². The molecule has 3 rings (SSSR count). The molecule has 2 heterocycles. The summed E-state index contributed by atoms with van der Waals surface area (Å²) in [5.74, 6) is 0.521. The molecule has 1 N–H and O–H groups in total. The molecule has 0 aliphatic carbocycles. The van der Waals surface area contributed by atoms with Gasteiger partial charge >= 0.3 is 0 Å². The lowest BCUT2D eigenvalue weighted by atomic mass is 10.2. The molecule has 1 fully saturated rings. The molecule has 1 atom stereocenters. The van der Waals surface area contributed by atoms with E-state index >= 15 is 0 Å². The zero-order valence-corrected chi connectivity index (χ0v) is 15.5. The van der Waals surface area contributed by atoms with Gasteiger partial charge in [-0.2, -0.15) is 0 Å². The Balaban J connectivity index is 1.77. The number of aromatic nitrogens is 1. The summed E-state index contributed by atoms with van der Waals surface area (Å²) in [5, 5.41) is 3.21. The van der Waals surface area contributed by atoms with Crippen LogP contribution in [-0.2, 0) is 9.84 Å². The number of hydrogen-bond acceptors (Lipinski definition) is 6. The third-order valence-corrected chi connectivity index (χ3v) is 6.19. The molecule has 0 bridgehead atoms. The van der Waals surface area contributed by atoms with Gasteiger partial charge in [-0.3, -0.25) is 9.78 Å². The van der Waals surface area contributed by atoms with Crippen LogP contribution in [0.5, 0.6) is 5.75 Å². The second kappa shape index (κ2) is 7.33. The lowest BCUT2D eigenvalue weighted by Gasteiger charge is -2.23. The molecule has 1 amide bonds. The number of carbonyl (C=O) groups is 1. The van der Waals surface area contributed by atoms with E-state index in [4.69, 9.17) is 4.74 Å². The number of ether oxygens (including phenoxy) is 1. The Kier molecular flexibility index (Phi) is 5.13. The van der Waals surface area contributed by atoms with Gasteiger partial charge < -0.3 is 15.0 Å². The van der Waals surface area contributed by atoms with Crippen molar-refractivity contribution in [3.05, 3.63) is 48.3 Å². The van der Waals surface area contributed by atoms with Crippen LogP contribution in [0.4, 0.5) is 11.4 Å². The van der Waals surface area contributed by atoms with Gasteiger partial charge in [0.05, 0.1) is 24.3 Å². The number of nitrogens with zero attached hydrogens (tertiary/aromatic N) is 2. The molecule has 7 nitrogen and oxygen atoms in total. The fourth-order valence-corrected chi connectivity index (χ4v) is 4.73. The van der Waals surface area contributed by atoms with Gasteiger partial charge in [0.15, 0.2) is 9.84 Å². The van der Waals surface area contributed by atoms with Crippen molar-refractivity contribution >= 4 is 27.1 Å². The highest BCUT2D eigenvalue weighted by atomic mass is 32.2. The van der Waals surface area contributed by atoms with Gasteiger partial charge in [-0.25, -0.2) is 8.42 Å². The molecule has 0 radical (unpaired) electrons. The van der Waals surface area contributed by atoms with Crippen molar-refractivity contribution in [2.75, 3.05) is 31.0 Å². The summed E-state index contributed by atoms with van der Waals surface area (Å²) in [4.78, 5) is 18.3. The Morgan fingerprint density at radius 2 is 2.08 bits per heavy atom. The van der Waals surface area contributed by atoms with E-state index in [-0.39, 0.29) is 29.1 Å². The summed E-state index contributed by atoms with van der Waals surface area (Å²) in [6.07, 6.45) is 2.01. The van der Waals surface area contributed by atoms with Crippen LogP contribution in [0.25, 0.3) is 0 Å². The van der Waals surface area contributed by atoms with Crippen molar-refractivity contribution in [2.45, 2.75) is 12.5 Å². The molecule has 0 saturated carbocycles. The fraction of sp³-hybridized carbons (Fsp3) is 0.333. The van der Waals surface area contributed by atoms with E-state index in [9.17, 15) is 13.2 Å². The van der Waals surface area contributed by atoms with Crippen molar-refractivity contribution in [1.82, 2.24) is 9.88 Å². The lowest BCUT2D eigenvalue weighted by molar-refractivity contribution is 0.0742. The number of hydrogen-bond donors (Lipinski definition) is 1. The summed E-state index contributed by atoms with van der Waals surface area (Å²) in [5.41, 5.74) is 1.73. The lowest BCUT2D eigenvalue weighted by Crippen LogP contribution is -2.38. The average molecular weight is 375 g/mol. The van der Waals surface area contributed by atoms with E-state index in [1.807, 2.05) is 24.3 Å². The minimum absolute atomic E-state index is 0.00833.